The second kappa shape index (κ2) is 6.29. The number of fused-ring (bicyclic) bond motifs is 1. The van der Waals surface area contributed by atoms with Crippen LogP contribution in [0.5, 0.6) is 0 Å². The Morgan fingerprint density at radius 3 is 2.76 bits per heavy atom. The second-order valence-corrected chi connectivity index (χ2v) is 6.28. The number of benzene rings is 1. The van der Waals surface area contributed by atoms with E-state index in [0.717, 1.165) is 17.1 Å². The molecule has 5 nitrogen and oxygen atoms in total. The lowest BCUT2D eigenvalue weighted by Crippen LogP contribution is -2.38. The van der Waals surface area contributed by atoms with Crippen LogP contribution in [0.3, 0.4) is 0 Å². The molecular weight excluding hydrogens is 343 g/mol. The van der Waals surface area contributed by atoms with Crippen LogP contribution in [0.15, 0.2) is 48.7 Å². The van der Waals surface area contributed by atoms with Crippen molar-refractivity contribution in [2.45, 2.75) is 13.1 Å². The van der Waals surface area contributed by atoms with Gasteiger partial charge in [0.2, 0.25) is 0 Å². The smallest absolute Gasteiger partial charge is 0.254 e. The van der Waals surface area contributed by atoms with E-state index in [2.05, 4.69) is 10.1 Å². The molecule has 0 bridgehead atoms. The Kier molecular flexibility index (Phi) is 3.97. The summed E-state index contributed by atoms with van der Waals surface area (Å²) in [4.78, 5) is 18.6. The highest BCUT2D eigenvalue weighted by Gasteiger charge is 2.24. The van der Waals surface area contributed by atoms with Crippen LogP contribution in [0, 0.1) is 5.82 Å². The molecule has 1 aliphatic heterocycles. The molecule has 0 fully saturated rings. The fraction of sp³-hybridized carbons (Fsp3) is 0.167. The van der Waals surface area contributed by atoms with E-state index in [0.29, 0.717) is 30.2 Å². The summed E-state index contributed by atoms with van der Waals surface area (Å²) in [6, 6.07) is 11.3. The van der Waals surface area contributed by atoms with Gasteiger partial charge in [-0.2, -0.15) is 5.10 Å². The first-order chi connectivity index (χ1) is 12.1. The Hall–Kier alpha value is -2.73. The third kappa shape index (κ3) is 3.13. The van der Waals surface area contributed by atoms with Gasteiger partial charge >= 0.3 is 0 Å². The molecule has 3 heterocycles. The van der Waals surface area contributed by atoms with Crippen molar-refractivity contribution in [3.05, 3.63) is 70.8 Å². The maximum atomic E-state index is 13.4. The number of carbonyl (C=O) groups excluding carboxylic acids is 1. The van der Waals surface area contributed by atoms with Gasteiger partial charge in [-0.25, -0.2) is 4.39 Å². The molecule has 0 radical (unpaired) electrons. The van der Waals surface area contributed by atoms with Crippen LogP contribution in [0.25, 0.3) is 11.4 Å². The number of hydrogen-bond acceptors (Lipinski definition) is 3. The summed E-state index contributed by atoms with van der Waals surface area (Å²) < 4.78 is 15.2. The number of carbonyl (C=O) groups is 1. The Morgan fingerprint density at radius 2 is 2.00 bits per heavy atom. The standard InChI is InChI=1S/C18H14ClFN4O/c19-13-4-5-16(21-10-13)17-9-15-11-23(6-7-24(15)22-17)18(25)12-2-1-3-14(20)8-12/h1-5,8-10H,6-7,11H2. The molecule has 3 aromatic rings. The summed E-state index contributed by atoms with van der Waals surface area (Å²) in [5.74, 6) is -0.595. The number of aromatic nitrogens is 3. The second-order valence-electron chi connectivity index (χ2n) is 5.84. The molecule has 7 heteroatoms. The van der Waals surface area contributed by atoms with E-state index in [4.69, 9.17) is 11.6 Å². The molecule has 1 aliphatic rings. The van der Waals surface area contributed by atoms with E-state index in [9.17, 15) is 9.18 Å². The lowest BCUT2D eigenvalue weighted by molar-refractivity contribution is 0.0705. The van der Waals surface area contributed by atoms with Gasteiger partial charge in [-0.3, -0.25) is 14.5 Å². The summed E-state index contributed by atoms with van der Waals surface area (Å²) in [5.41, 5.74) is 2.75. The molecular formula is C18H14ClFN4O. The van der Waals surface area contributed by atoms with Crippen LogP contribution in [0.2, 0.25) is 5.02 Å². The normalized spacial score (nSPS) is 13.6. The molecule has 126 valence electrons. The number of hydrogen-bond donors (Lipinski definition) is 0. The van der Waals surface area contributed by atoms with Crippen molar-refractivity contribution in [2.75, 3.05) is 6.54 Å². The predicted octanol–water partition coefficient (Wildman–Crippen LogP) is 3.39. The van der Waals surface area contributed by atoms with Gasteiger partial charge in [-0.1, -0.05) is 17.7 Å². The molecule has 0 saturated heterocycles. The molecule has 4 rings (SSSR count). The summed E-state index contributed by atoms with van der Waals surface area (Å²) in [5, 5.41) is 5.11. The average Bonchev–Trinajstić information content (AvgIpc) is 3.05. The van der Waals surface area contributed by atoms with Crippen LogP contribution < -0.4 is 0 Å². The van der Waals surface area contributed by atoms with Crippen LogP contribution in [0.4, 0.5) is 4.39 Å². The highest BCUT2D eigenvalue weighted by molar-refractivity contribution is 6.30. The number of pyridine rings is 1. The van der Waals surface area contributed by atoms with Crippen LogP contribution in [-0.4, -0.2) is 32.1 Å². The van der Waals surface area contributed by atoms with Crippen molar-refractivity contribution in [1.82, 2.24) is 19.7 Å². The quantitative estimate of drug-likeness (QED) is 0.707. The van der Waals surface area contributed by atoms with Crippen molar-refractivity contribution in [3.63, 3.8) is 0 Å². The summed E-state index contributed by atoms with van der Waals surface area (Å²) in [7, 11) is 0. The molecule has 1 amide bonds. The van der Waals surface area contributed by atoms with Crippen molar-refractivity contribution < 1.29 is 9.18 Å². The molecule has 0 spiro atoms. The highest BCUT2D eigenvalue weighted by Crippen LogP contribution is 2.22. The van der Waals surface area contributed by atoms with Crippen LogP contribution >= 0.6 is 11.6 Å². The van der Waals surface area contributed by atoms with E-state index in [1.807, 2.05) is 16.8 Å². The number of halogens is 2. The van der Waals surface area contributed by atoms with E-state index < -0.39 is 5.82 Å². The van der Waals surface area contributed by atoms with Gasteiger partial charge in [0.1, 0.15) is 11.5 Å². The monoisotopic (exact) mass is 356 g/mol. The minimum atomic E-state index is -0.413. The zero-order valence-electron chi connectivity index (χ0n) is 13.2. The van der Waals surface area contributed by atoms with Gasteiger partial charge in [0.05, 0.1) is 29.5 Å². The molecule has 0 unspecified atom stereocenters. The number of rotatable bonds is 2. The first-order valence-corrected chi connectivity index (χ1v) is 8.21. The van der Waals surface area contributed by atoms with E-state index in [1.54, 1.807) is 29.3 Å². The summed E-state index contributed by atoms with van der Waals surface area (Å²) >= 11 is 5.86. The Bertz CT molecular complexity index is 939. The third-order valence-corrected chi connectivity index (χ3v) is 4.37. The molecule has 2 aromatic heterocycles. The molecule has 0 atom stereocenters. The SMILES string of the molecule is O=C(c1cccc(F)c1)N1CCn2nc(-c3ccc(Cl)cn3)cc2C1. The van der Waals surface area contributed by atoms with Gasteiger partial charge in [0, 0.05) is 18.3 Å². The topological polar surface area (TPSA) is 51.0 Å². The molecule has 25 heavy (non-hydrogen) atoms. The van der Waals surface area contributed by atoms with Gasteiger partial charge in [-0.05, 0) is 36.4 Å². The third-order valence-electron chi connectivity index (χ3n) is 4.15. The maximum absolute atomic E-state index is 13.4. The largest absolute Gasteiger partial charge is 0.331 e. The van der Waals surface area contributed by atoms with Crippen molar-refractivity contribution in [3.8, 4) is 11.4 Å². The van der Waals surface area contributed by atoms with Crippen molar-refractivity contribution in [2.24, 2.45) is 0 Å². The molecule has 0 saturated carbocycles. The zero-order valence-corrected chi connectivity index (χ0v) is 13.9. The Labute approximate surface area is 148 Å². The molecule has 0 aliphatic carbocycles. The Balaban J connectivity index is 1.57. The lowest BCUT2D eigenvalue weighted by atomic mass is 10.1. The fourth-order valence-corrected chi connectivity index (χ4v) is 3.01. The van der Waals surface area contributed by atoms with Gasteiger partial charge < -0.3 is 4.90 Å². The van der Waals surface area contributed by atoms with Gasteiger partial charge in [0.25, 0.3) is 5.91 Å². The maximum Gasteiger partial charge on any atom is 0.254 e. The zero-order chi connectivity index (χ0) is 17.4. The van der Waals surface area contributed by atoms with Gasteiger partial charge in [0.15, 0.2) is 0 Å². The predicted molar refractivity (Wildman–Crippen MR) is 91.6 cm³/mol. The number of amides is 1. The van der Waals surface area contributed by atoms with Gasteiger partial charge in [-0.15, -0.1) is 0 Å². The first kappa shape index (κ1) is 15.8. The minimum absolute atomic E-state index is 0.182. The minimum Gasteiger partial charge on any atom is -0.331 e. The van der Waals surface area contributed by atoms with E-state index in [-0.39, 0.29) is 5.91 Å². The summed E-state index contributed by atoms with van der Waals surface area (Å²) in [6.45, 7) is 1.54. The fourth-order valence-electron chi connectivity index (χ4n) is 2.90. The van der Waals surface area contributed by atoms with E-state index in [1.165, 1.54) is 12.1 Å². The molecule has 1 aromatic carbocycles. The number of nitrogens with zero attached hydrogens (tertiary/aromatic N) is 4. The first-order valence-electron chi connectivity index (χ1n) is 7.84. The van der Waals surface area contributed by atoms with E-state index >= 15 is 0 Å². The van der Waals surface area contributed by atoms with Crippen molar-refractivity contribution >= 4 is 17.5 Å². The average molecular weight is 357 g/mol. The Morgan fingerprint density at radius 1 is 1.12 bits per heavy atom. The van der Waals surface area contributed by atoms with Crippen LogP contribution in [-0.2, 0) is 13.1 Å². The molecule has 0 N–H and O–H groups in total. The van der Waals surface area contributed by atoms with Crippen molar-refractivity contribution in [1.29, 1.82) is 0 Å². The highest BCUT2D eigenvalue weighted by atomic mass is 35.5. The van der Waals surface area contributed by atoms with Crippen LogP contribution in [0.1, 0.15) is 16.1 Å². The summed E-state index contributed by atoms with van der Waals surface area (Å²) in [6.07, 6.45) is 1.58. The lowest BCUT2D eigenvalue weighted by Gasteiger charge is -2.27.